The van der Waals surface area contributed by atoms with Crippen LogP contribution in [0.15, 0.2) is 19.8 Å². The molecule has 0 atom stereocenters. The van der Waals surface area contributed by atoms with Crippen LogP contribution in [-0.2, 0) is 11.3 Å². The van der Waals surface area contributed by atoms with Gasteiger partial charge in [-0.25, -0.2) is 9.97 Å². The Hall–Kier alpha value is -0.900. The standard InChI is InChI=1S/C9H11N5OS3/c1-15-4-6-11-5(10)3-7(12-6)17-9-14-13-8(16-2)18-9/h3H,4H2,1-2H3,(H2,10,11,12). The molecule has 0 aromatic carbocycles. The summed E-state index contributed by atoms with van der Waals surface area (Å²) in [7, 11) is 1.59. The maximum absolute atomic E-state index is 5.72. The second-order valence-electron chi connectivity index (χ2n) is 3.12. The van der Waals surface area contributed by atoms with Crippen molar-refractivity contribution < 1.29 is 4.74 Å². The van der Waals surface area contributed by atoms with Gasteiger partial charge in [0.2, 0.25) is 0 Å². The van der Waals surface area contributed by atoms with Crippen LogP contribution in [0.1, 0.15) is 5.82 Å². The Morgan fingerprint density at radius 1 is 1.33 bits per heavy atom. The number of aromatic nitrogens is 4. The molecular formula is C9H11N5OS3. The predicted octanol–water partition coefficient (Wildman–Crippen LogP) is 1.93. The highest BCUT2D eigenvalue weighted by Crippen LogP contribution is 2.32. The molecule has 0 spiro atoms. The number of nitrogen functional groups attached to an aromatic ring is 1. The summed E-state index contributed by atoms with van der Waals surface area (Å²) in [5.41, 5.74) is 5.72. The Morgan fingerprint density at radius 3 is 2.78 bits per heavy atom. The summed E-state index contributed by atoms with van der Waals surface area (Å²) in [5.74, 6) is 0.990. The van der Waals surface area contributed by atoms with Crippen LogP contribution in [0.2, 0.25) is 0 Å². The third-order valence-corrected chi connectivity index (χ3v) is 4.66. The first-order valence-electron chi connectivity index (χ1n) is 4.89. The smallest absolute Gasteiger partial charge is 0.181 e. The minimum Gasteiger partial charge on any atom is -0.384 e. The number of anilines is 1. The van der Waals surface area contributed by atoms with Crippen LogP contribution in [0.4, 0.5) is 5.82 Å². The van der Waals surface area contributed by atoms with E-state index in [1.165, 1.54) is 23.1 Å². The number of thioether (sulfide) groups is 1. The zero-order chi connectivity index (χ0) is 13.0. The van der Waals surface area contributed by atoms with Crippen LogP contribution < -0.4 is 5.73 Å². The van der Waals surface area contributed by atoms with E-state index in [0.29, 0.717) is 18.2 Å². The first-order chi connectivity index (χ1) is 8.71. The number of nitrogens with zero attached hydrogens (tertiary/aromatic N) is 4. The lowest BCUT2D eigenvalue weighted by atomic mass is 10.5. The first-order valence-corrected chi connectivity index (χ1v) is 7.74. The second-order valence-corrected chi connectivity index (χ2v) is 6.42. The summed E-state index contributed by atoms with van der Waals surface area (Å²) in [4.78, 5) is 8.41. The Kier molecular flexibility index (Phi) is 4.75. The van der Waals surface area contributed by atoms with Gasteiger partial charge in [-0.15, -0.1) is 10.2 Å². The van der Waals surface area contributed by atoms with Crippen LogP contribution in [0.5, 0.6) is 0 Å². The molecule has 0 aliphatic rings. The van der Waals surface area contributed by atoms with Gasteiger partial charge < -0.3 is 10.5 Å². The van der Waals surface area contributed by atoms with Crippen molar-refractivity contribution in [2.75, 3.05) is 19.1 Å². The predicted molar refractivity (Wildman–Crippen MR) is 73.0 cm³/mol. The van der Waals surface area contributed by atoms with Crippen molar-refractivity contribution in [3.05, 3.63) is 11.9 Å². The number of ether oxygens (including phenoxy) is 1. The van der Waals surface area contributed by atoms with Crippen LogP contribution in [-0.4, -0.2) is 33.5 Å². The van der Waals surface area contributed by atoms with E-state index >= 15 is 0 Å². The molecule has 0 aliphatic carbocycles. The quantitative estimate of drug-likeness (QED) is 0.662. The average molecular weight is 301 g/mol. The molecule has 0 amide bonds. The van der Waals surface area contributed by atoms with E-state index < -0.39 is 0 Å². The molecule has 0 aliphatic heterocycles. The molecule has 2 N–H and O–H groups in total. The van der Waals surface area contributed by atoms with E-state index in [2.05, 4.69) is 20.2 Å². The van der Waals surface area contributed by atoms with E-state index in [1.54, 1.807) is 24.9 Å². The minimum atomic E-state index is 0.338. The first kappa shape index (κ1) is 13.5. The van der Waals surface area contributed by atoms with Gasteiger partial charge in [0.05, 0.1) is 0 Å². The number of rotatable bonds is 5. The molecular weight excluding hydrogens is 290 g/mol. The summed E-state index contributed by atoms with van der Waals surface area (Å²) >= 11 is 4.52. The minimum absolute atomic E-state index is 0.338. The maximum Gasteiger partial charge on any atom is 0.181 e. The lowest BCUT2D eigenvalue weighted by Crippen LogP contribution is -2.01. The number of hydrogen-bond donors (Lipinski definition) is 1. The molecule has 0 unspecified atom stereocenters. The normalized spacial score (nSPS) is 10.8. The highest BCUT2D eigenvalue weighted by atomic mass is 32.2. The van der Waals surface area contributed by atoms with Crippen molar-refractivity contribution in [1.29, 1.82) is 0 Å². The summed E-state index contributed by atoms with van der Waals surface area (Å²) in [6.45, 7) is 0.338. The summed E-state index contributed by atoms with van der Waals surface area (Å²) in [6, 6.07) is 1.71. The third-order valence-electron chi connectivity index (χ3n) is 1.80. The average Bonchev–Trinajstić information content (AvgIpc) is 2.76. The molecule has 2 aromatic rings. The van der Waals surface area contributed by atoms with Gasteiger partial charge in [-0.05, 0) is 18.0 Å². The topological polar surface area (TPSA) is 86.8 Å². The van der Waals surface area contributed by atoms with Gasteiger partial charge in [-0.3, -0.25) is 0 Å². The van der Waals surface area contributed by atoms with E-state index in [9.17, 15) is 0 Å². The molecule has 6 nitrogen and oxygen atoms in total. The SMILES string of the molecule is COCc1nc(N)cc(Sc2nnc(SC)s2)n1. The molecule has 0 fully saturated rings. The van der Waals surface area contributed by atoms with E-state index in [4.69, 9.17) is 10.5 Å². The number of nitrogens with two attached hydrogens (primary N) is 1. The Bertz CT molecular complexity index is 533. The Balaban J connectivity index is 2.17. The molecule has 2 aromatic heterocycles. The molecule has 9 heteroatoms. The van der Waals surface area contributed by atoms with Crippen LogP contribution in [0, 0.1) is 0 Å². The second kappa shape index (κ2) is 6.32. The number of methoxy groups -OCH3 is 1. The fourth-order valence-corrected chi connectivity index (χ4v) is 3.56. The fraction of sp³-hybridized carbons (Fsp3) is 0.333. The zero-order valence-corrected chi connectivity index (χ0v) is 12.2. The van der Waals surface area contributed by atoms with Crippen molar-refractivity contribution in [2.24, 2.45) is 0 Å². The van der Waals surface area contributed by atoms with Crippen molar-refractivity contribution in [1.82, 2.24) is 20.2 Å². The largest absolute Gasteiger partial charge is 0.384 e. The highest BCUT2D eigenvalue weighted by Gasteiger charge is 2.09. The third kappa shape index (κ3) is 3.55. The highest BCUT2D eigenvalue weighted by molar-refractivity contribution is 8.02. The summed E-state index contributed by atoms with van der Waals surface area (Å²) in [5, 5.41) is 8.84. The van der Waals surface area contributed by atoms with Gasteiger partial charge in [-0.1, -0.05) is 23.1 Å². The monoisotopic (exact) mass is 301 g/mol. The van der Waals surface area contributed by atoms with Crippen molar-refractivity contribution in [3.8, 4) is 0 Å². The van der Waals surface area contributed by atoms with Gasteiger partial charge in [0, 0.05) is 13.2 Å². The summed E-state index contributed by atoms with van der Waals surface area (Å²) in [6.07, 6.45) is 1.97. The van der Waals surface area contributed by atoms with E-state index in [0.717, 1.165) is 13.7 Å². The van der Waals surface area contributed by atoms with Gasteiger partial charge in [0.25, 0.3) is 0 Å². The van der Waals surface area contributed by atoms with Crippen LogP contribution >= 0.6 is 34.9 Å². The van der Waals surface area contributed by atoms with E-state index in [-0.39, 0.29) is 0 Å². The van der Waals surface area contributed by atoms with Gasteiger partial charge >= 0.3 is 0 Å². The Morgan fingerprint density at radius 2 is 2.11 bits per heavy atom. The molecule has 0 bridgehead atoms. The van der Waals surface area contributed by atoms with Gasteiger partial charge in [0.15, 0.2) is 14.5 Å². The van der Waals surface area contributed by atoms with E-state index in [1.807, 2.05) is 6.26 Å². The van der Waals surface area contributed by atoms with Crippen molar-refractivity contribution >= 4 is 40.7 Å². The zero-order valence-electron chi connectivity index (χ0n) is 9.78. The summed E-state index contributed by atoms with van der Waals surface area (Å²) < 4.78 is 6.75. The number of hydrogen-bond acceptors (Lipinski definition) is 9. The fourth-order valence-electron chi connectivity index (χ4n) is 1.15. The molecule has 18 heavy (non-hydrogen) atoms. The maximum atomic E-state index is 5.72. The van der Waals surface area contributed by atoms with Crippen LogP contribution in [0.3, 0.4) is 0 Å². The van der Waals surface area contributed by atoms with Gasteiger partial charge in [-0.2, -0.15) is 0 Å². The molecule has 2 heterocycles. The van der Waals surface area contributed by atoms with Crippen molar-refractivity contribution in [2.45, 2.75) is 20.3 Å². The van der Waals surface area contributed by atoms with Crippen LogP contribution in [0.25, 0.3) is 0 Å². The van der Waals surface area contributed by atoms with Gasteiger partial charge in [0.1, 0.15) is 17.5 Å². The lowest BCUT2D eigenvalue weighted by molar-refractivity contribution is 0.177. The van der Waals surface area contributed by atoms with Crippen molar-refractivity contribution in [3.63, 3.8) is 0 Å². The Labute approximate surface area is 117 Å². The molecule has 0 radical (unpaired) electrons. The lowest BCUT2D eigenvalue weighted by Gasteiger charge is -2.02. The molecule has 96 valence electrons. The molecule has 2 rings (SSSR count). The molecule has 0 saturated heterocycles. The molecule has 0 saturated carbocycles.